The van der Waals surface area contributed by atoms with Crippen LogP contribution in [0.25, 0.3) is 0 Å². The van der Waals surface area contributed by atoms with Crippen LogP contribution in [0.2, 0.25) is 0 Å². The van der Waals surface area contributed by atoms with Crippen molar-refractivity contribution in [3.63, 3.8) is 0 Å². The minimum atomic E-state index is -0.441. The number of rotatable bonds is 5. The number of hydrogen-bond donors (Lipinski definition) is 2. The topological polar surface area (TPSA) is 84.0 Å². The van der Waals surface area contributed by atoms with Gasteiger partial charge in [-0.25, -0.2) is 9.97 Å². The molecule has 26 heavy (non-hydrogen) atoms. The molecule has 0 aliphatic carbocycles. The lowest BCUT2D eigenvalue weighted by atomic mass is 10.1. The van der Waals surface area contributed by atoms with Gasteiger partial charge in [0.05, 0.1) is 11.4 Å². The van der Waals surface area contributed by atoms with Crippen molar-refractivity contribution in [3.05, 3.63) is 52.1 Å². The highest BCUT2D eigenvalue weighted by Gasteiger charge is 2.22. The van der Waals surface area contributed by atoms with Crippen molar-refractivity contribution in [1.29, 1.82) is 0 Å². The molecule has 1 heterocycles. The van der Waals surface area contributed by atoms with E-state index in [1.807, 2.05) is 45.9 Å². The Balaban J connectivity index is 2.37. The van der Waals surface area contributed by atoms with Gasteiger partial charge in [-0.1, -0.05) is 26.0 Å². The monoisotopic (exact) mass is 354 g/mol. The summed E-state index contributed by atoms with van der Waals surface area (Å²) in [7, 11) is 0. The lowest BCUT2D eigenvalue weighted by Crippen LogP contribution is -2.31. The van der Waals surface area contributed by atoms with E-state index < -0.39 is 5.91 Å². The molecule has 0 unspecified atom stereocenters. The number of carbonyl (C=O) groups is 2. The molecule has 0 saturated carbocycles. The zero-order chi connectivity index (χ0) is 19.4. The van der Waals surface area contributed by atoms with Gasteiger partial charge in [-0.2, -0.15) is 0 Å². The van der Waals surface area contributed by atoms with Crippen molar-refractivity contribution in [3.8, 4) is 0 Å². The summed E-state index contributed by atoms with van der Waals surface area (Å²) in [4.78, 5) is 34.0. The highest BCUT2D eigenvalue weighted by Crippen LogP contribution is 2.18. The Labute approximate surface area is 154 Å². The summed E-state index contributed by atoms with van der Waals surface area (Å²) in [6, 6.07) is 5.80. The number of nitrogens with zero attached hydrogens (tertiary/aromatic N) is 2. The fraction of sp³-hybridized carbons (Fsp3) is 0.400. The smallest absolute Gasteiger partial charge is 0.276 e. The van der Waals surface area contributed by atoms with E-state index in [0.29, 0.717) is 29.5 Å². The van der Waals surface area contributed by atoms with E-state index in [9.17, 15) is 9.59 Å². The molecule has 6 nitrogen and oxygen atoms in total. The van der Waals surface area contributed by atoms with Gasteiger partial charge in [0.1, 0.15) is 0 Å². The van der Waals surface area contributed by atoms with Crippen LogP contribution in [0.15, 0.2) is 18.2 Å². The first-order valence-electron chi connectivity index (χ1n) is 8.71. The molecule has 0 aliphatic rings. The lowest BCUT2D eigenvalue weighted by molar-refractivity contribution is 0.0929. The van der Waals surface area contributed by atoms with Gasteiger partial charge in [-0.3, -0.25) is 9.59 Å². The largest absolute Gasteiger partial charge is 0.350 e. The van der Waals surface area contributed by atoms with Crippen LogP contribution in [0.4, 0.5) is 5.69 Å². The molecule has 2 amide bonds. The predicted molar refractivity (Wildman–Crippen MR) is 103 cm³/mol. The fourth-order valence-corrected chi connectivity index (χ4v) is 2.35. The minimum Gasteiger partial charge on any atom is -0.350 e. The van der Waals surface area contributed by atoms with E-state index in [1.165, 1.54) is 0 Å². The van der Waals surface area contributed by atoms with E-state index in [4.69, 9.17) is 0 Å². The van der Waals surface area contributed by atoms with Gasteiger partial charge in [0.15, 0.2) is 11.4 Å². The van der Waals surface area contributed by atoms with Gasteiger partial charge in [0, 0.05) is 12.2 Å². The highest BCUT2D eigenvalue weighted by atomic mass is 16.2. The zero-order valence-electron chi connectivity index (χ0n) is 16.2. The molecule has 0 atom stereocenters. The van der Waals surface area contributed by atoms with Crippen LogP contribution in [0.5, 0.6) is 0 Å². The Kier molecular flexibility index (Phi) is 6.08. The standard InChI is InChI=1S/C20H26N4O2/c1-11(2)10-21-19(25)17-18(23-15(6)14(5)22-17)20(26)24-16-9-12(3)7-8-13(16)4/h7-9,11H,10H2,1-6H3,(H,21,25)(H,24,26). The summed E-state index contributed by atoms with van der Waals surface area (Å²) in [5, 5.41) is 5.66. The van der Waals surface area contributed by atoms with Crippen molar-refractivity contribution in [2.75, 3.05) is 11.9 Å². The molecule has 0 bridgehead atoms. The van der Waals surface area contributed by atoms with E-state index in [1.54, 1.807) is 13.8 Å². The Bertz CT molecular complexity index is 844. The summed E-state index contributed by atoms with van der Waals surface area (Å²) >= 11 is 0. The molecule has 0 fully saturated rings. The first kappa shape index (κ1) is 19.6. The molecule has 0 saturated heterocycles. The Morgan fingerprint density at radius 2 is 1.54 bits per heavy atom. The van der Waals surface area contributed by atoms with Gasteiger partial charge < -0.3 is 10.6 Å². The van der Waals surface area contributed by atoms with E-state index in [-0.39, 0.29) is 17.3 Å². The molecular formula is C20H26N4O2. The van der Waals surface area contributed by atoms with Crippen molar-refractivity contribution in [2.24, 2.45) is 5.92 Å². The SMILES string of the molecule is Cc1ccc(C)c(NC(=O)c2nc(C)c(C)nc2C(=O)NCC(C)C)c1. The van der Waals surface area contributed by atoms with Crippen LogP contribution in [0.3, 0.4) is 0 Å². The Morgan fingerprint density at radius 3 is 2.12 bits per heavy atom. The maximum atomic E-state index is 12.8. The number of aromatic nitrogens is 2. The van der Waals surface area contributed by atoms with Gasteiger partial charge in [-0.15, -0.1) is 0 Å². The molecule has 2 N–H and O–H groups in total. The van der Waals surface area contributed by atoms with Crippen molar-refractivity contribution < 1.29 is 9.59 Å². The first-order chi connectivity index (χ1) is 12.2. The van der Waals surface area contributed by atoms with Crippen molar-refractivity contribution in [1.82, 2.24) is 15.3 Å². The fourth-order valence-electron chi connectivity index (χ4n) is 2.35. The third-order valence-electron chi connectivity index (χ3n) is 4.05. The van der Waals surface area contributed by atoms with Crippen LogP contribution >= 0.6 is 0 Å². The van der Waals surface area contributed by atoms with Crippen LogP contribution < -0.4 is 10.6 Å². The molecule has 0 aliphatic heterocycles. The Morgan fingerprint density at radius 1 is 0.962 bits per heavy atom. The van der Waals surface area contributed by atoms with Crippen LogP contribution in [-0.4, -0.2) is 28.3 Å². The van der Waals surface area contributed by atoms with E-state index in [0.717, 1.165) is 11.1 Å². The third-order valence-corrected chi connectivity index (χ3v) is 4.05. The molecule has 0 spiro atoms. The van der Waals surface area contributed by atoms with Crippen molar-refractivity contribution >= 4 is 17.5 Å². The average Bonchev–Trinajstić information content (AvgIpc) is 2.57. The lowest BCUT2D eigenvalue weighted by Gasteiger charge is -2.13. The molecule has 1 aromatic heterocycles. The van der Waals surface area contributed by atoms with Gasteiger partial charge >= 0.3 is 0 Å². The number of benzene rings is 1. The van der Waals surface area contributed by atoms with Gasteiger partial charge in [0.2, 0.25) is 0 Å². The molecule has 138 valence electrons. The number of nitrogens with one attached hydrogen (secondary N) is 2. The van der Waals surface area contributed by atoms with Gasteiger partial charge in [-0.05, 0) is 50.8 Å². The molecule has 1 aromatic carbocycles. The quantitative estimate of drug-likeness (QED) is 0.862. The summed E-state index contributed by atoms with van der Waals surface area (Å²) < 4.78 is 0. The minimum absolute atomic E-state index is 0.0373. The molecule has 6 heteroatoms. The first-order valence-corrected chi connectivity index (χ1v) is 8.71. The Hall–Kier alpha value is -2.76. The zero-order valence-corrected chi connectivity index (χ0v) is 16.2. The summed E-state index contributed by atoms with van der Waals surface area (Å²) in [5.41, 5.74) is 4.01. The number of anilines is 1. The number of aryl methyl sites for hydroxylation is 4. The number of amides is 2. The molecular weight excluding hydrogens is 328 g/mol. The predicted octanol–water partition coefficient (Wildman–Crippen LogP) is 3.35. The van der Waals surface area contributed by atoms with E-state index in [2.05, 4.69) is 20.6 Å². The normalized spacial score (nSPS) is 10.7. The highest BCUT2D eigenvalue weighted by molar-refractivity contribution is 6.10. The molecule has 2 aromatic rings. The number of hydrogen-bond acceptors (Lipinski definition) is 4. The second-order valence-electron chi connectivity index (χ2n) is 6.97. The van der Waals surface area contributed by atoms with Crippen LogP contribution in [0, 0.1) is 33.6 Å². The summed E-state index contributed by atoms with van der Waals surface area (Å²) in [5.74, 6) is -0.532. The average molecular weight is 354 g/mol. The van der Waals surface area contributed by atoms with Crippen LogP contribution in [-0.2, 0) is 0 Å². The number of carbonyl (C=O) groups excluding carboxylic acids is 2. The van der Waals surface area contributed by atoms with Crippen molar-refractivity contribution in [2.45, 2.75) is 41.5 Å². The molecule has 0 radical (unpaired) electrons. The summed E-state index contributed by atoms with van der Waals surface area (Å²) in [6.45, 7) is 11.9. The maximum absolute atomic E-state index is 12.8. The van der Waals surface area contributed by atoms with E-state index >= 15 is 0 Å². The second kappa shape index (κ2) is 8.08. The van der Waals surface area contributed by atoms with Crippen LogP contribution in [0.1, 0.15) is 57.3 Å². The van der Waals surface area contributed by atoms with Gasteiger partial charge in [0.25, 0.3) is 11.8 Å². The molecule has 2 rings (SSSR count). The maximum Gasteiger partial charge on any atom is 0.276 e. The summed E-state index contributed by atoms with van der Waals surface area (Å²) in [6.07, 6.45) is 0. The second-order valence-corrected chi connectivity index (χ2v) is 6.97. The third kappa shape index (κ3) is 4.65.